The van der Waals surface area contributed by atoms with Gasteiger partial charge in [0.1, 0.15) is 5.75 Å². The lowest BCUT2D eigenvalue weighted by Crippen LogP contribution is -2.50. The minimum atomic E-state index is -3.72. The average molecular weight is 505 g/mol. The summed E-state index contributed by atoms with van der Waals surface area (Å²) in [7, 11) is -3.72. The number of hydrogen-bond donors (Lipinski definition) is 0. The van der Waals surface area contributed by atoms with E-state index >= 15 is 0 Å². The summed E-state index contributed by atoms with van der Waals surface area (Å²) >= 11 is 0. The Bertz CT molecular complexity index is 1170. The summed E-state index contributed by atoms with van der Waals surface area (Å²) in [5.74, 6) is 0.239. The van der Waals surface area contributed by atoms with E-state index in [0.29, 0.717) is 44.3 Å². The number of nitro benzene ring substituents is 1. The van der Waals surface area contributed by atoms with Gasteiger partial charge in [0.05, 0.1) is 40.9 Å². The molecule has 0 saturated carbocycles. The van der Waals surface area contributed by atoms with Crippen LogP contribution in [0.1, 0.15) is 17.3 Å². The average Bonchev–Trinajstić information content (AvgIpc) is 2.89. The molecule has 188 valence electrons. The fourth-order valence-corrected chi connectivity index (χ4v) is 5.64. The highest BCUT2D eigenvalue weighted by Crippen LogP contribution is 2.28. The van der Waals surface area contributed by atoms with Gasteiger partial charge in [0, 0.05) is 51.4 Å². The topological polar surface area (TPSA) is 123 Å². The van der Waals surface area contributed by atoms with Crippen LogP contribution in [0.15, 0.2) is 47.4 Å². The Hall–Kier alpha value is -3.22. The molecule has 2 fully saturated rings. The second-order valence-corrected chi connectivity index (χ2v) is 10.1. The molecule has 2 heterocycles. The molecule has 0 bridgehead atoms. The van der Waals surface area contributed by atoms with Gasteiger partial charge >= 0.3 is 0 Å². The number of amides is 1. The molecule has 35 heavy (non-hydrogen) atoms. The summed E-state index contributed by atoms with van der Waals surface area (Å²) in [6, 6.07) is 10.5. The number of rotatable bonds is 7. The molecule has 0 aromatic heterocycles. The van der Waals surface area contributed by atoms with Gasteiger partial charge in [-0.2, -0.15) is 4.31 Å². The minimum Gasteiger partial charge on any atom is -0.494 e. The van der Waals surface area contributed by atoms with Crippen LogP contribution in [-0.2, 0) is 14.8 Å². The van der Waals surface area contributed by atoms with Crippen LogP contribution in [0.25, 0.3) is 0 Å². The lowest BCUT2D eigenvalue weighted by Gasteiger charge is -2.35. The number of nitrogens with zero attached hydrogens (tertiary/aromatic N) is 4. The Morgan fingerprint density at radius 2 is 1.69 bits per heavy atom. The smallest absolute Gasteiger partial charge is 0.270 e. The number of sulfonamides is 1. The van der Waals surface area contributed by atoms with Crippen LogP contribution in [0.3, 0.4) is 0 Å². The van der Waals surface area contributed by atoms with Crippen molar-refractivity contribution in [2.24, 2.45) is 0 Å². The Labute approximate surface area is 204 Å². The third-order valence-electron chi connectivity index (χ3n) is 6.07. The number of ether oxygens (including phenoxy) is 2. The molecule has 2 aromatic carbocycles. The molecule has 0 atom stereocenters. The summed E-state index contributed by atoms with van der Waals surface area (Å²) < 4.78 is 38.2. The molecule has 4 rings (SSSR count). The van der Waals surface area contributed by atoms with Crippen LogP contribution < -0.4 is 9.64 Å². The van der Waals surface area contributed by atoms with Crippen LogP contribution in [-0.4, -0.2) is 87.5 Å². The standard InChI is InChI=1S/C23H28N4O7S/c1-2-34-19-4-6-20(7-5-19)35(31,32)26-11-9-25(10-12-26)23(28)21-17-18(27(29)30)3-8-22(21)24-13-15-33-16-14-24/h3-8,17H,2,9-16H2,1H3. The number of morpholine rings is 1. The molecule has 1 amide bonds. The second-order valence-electron chi connectivity index (χ2n) is 8.16. The number of carbonyl (C=O) groups excluding carboxylic acids is 1. The van der Waals surface area contributed by atoms with E-state index in [-0.39, 0.29) is 48.2 Å². The molecular formula is C23H28N4O7S. The molecule has 0 N–H and O–H groups in total. The highest BCUT2D eigenvalue weighted by molar-refractivity contribution is 7.89. The fraction of sp³-hybridized carbons (Fsp3) is 0.435. The van der Waals surface area contributed by atoms with Crippen LogP contribution in [0.2, 0.25) is 0 Å². The lowest BCUT2D eigenvalue weighted by atomic mass is 10.1. The van der Waals surface area contributed by atoms with Gasteiger partial charge in [0.25, 0.3) is 11.6 Å². The van der Waals surface area contributed by atoms with Crippen molar-refractivity contribution in [3.05, 3.63) is 58.1 Å². The first-order valence-electron chi connectivity index (χ1n) is 11.4. The van der Waals surface area contributed by atoms with Crippen molar-refractivity contribution in [1.82, 2.24) is 9.21 Å². The van der Waals surface area contributed by atoms with Crippen molar-refractivity contribution in [3.8, 4) is 5.75 Å². The number of benzene rings is 2. The van der Waals surface area contributed by atoms with Crippen molar-refractivity contribution in [1.29, 1.82) is 0 Å². The molecule has 2 saturated heterocycles. The van der Waals surface area contributed by atoms with Gasteiger partial charge < -0.3 is 19.3 Å². The van der Waals surface area contributed by atoms with Gasteiger partial charge in [-0.05, 0) is 37.3 Å². The van der Waals surface area contributed by atoms with Crippen LogP contribution in [0, 0.1) is 10.1 Å². The van der Waals surface area contributed by atoms with Crippen LogP contribution in [0.5, 0.6) is 5.75 Å². The molecular weight excluding hydrogens is 476 g/mol. The maximum absolute atomic E-state index is 13.4. The quantitative estimate of drug-likeness (QED) is 0.414. The van der Waals surface area contributed by atoms with Gasteiger partial charge in [-0.25, -0.2) is 8.42 Å². The van der Waals surface area contributed by atoms with E-state index in [4.69, 9.17) is 9.47 Å². The van der Waals surface area contributed by atoms with E-state index in [0.717, 1.165) is 0 Å². The zero-order chi connectivity index (χ0) is 25.0. The van der Waals surface area contributed by atoms with E-state index in [1.54, 1.807) is 23.1 Å². The molecule has 0 radical (unpaired) electrons. The normalized spacial score (nSPS) is 17.3. The zero-order valence-corrected chi connectivity index (χ0v) is 20.3. The number of hydrogen-bond acceptors (Lipinski definition) is 8. The van der Waals surface area contributed by atoms with Gasteiger partial charge in [0.15, 0.2) is 0 Å². The summed E-state index contributed by atoms with van der Waals surface area (Å²) in [5.41, 5.74) is 0.694. The first-order valence-corrected chi connectivity index (χ1v) is 12.9. The van der Waals surface area contributed by atoms with E-state index < -0.39 is 14.9 Å². The van der Waals surface area contributed by atoms with Crippen molar-refractivity contribution in [2.45, 2.75) is 11.8 Å². The predicted octanol–water partition coefficient (Wildman–Crippen LogP) is 1.98. The number of nitro groups is 1. The Morgan fingerprint density at radius 1 is 1.03 bits per heavy atom. The van der Waals surface area contributed by atoms with Crippen molar-refractivity contribution >= 4 is 27.3 Å². The van der Waals surface area contributed by atoms with Gasteiger partial charge in [-0.3, -0.25) is 14.9 Å². The maximum atomic E-state index is 13.4. The Kier molecular flexibility index (Phi) is 7.53. The fourth-order valence-electron chi connectivity index (χ4n) is 4.21. The largest absolute Gasteiger partial charge is 0.494 e. The summed E-state index contributed by atoms with van der Waals surface area (Å²) in [5, 5.41) is 11.4. The monoisotopic (exact) mass is 504 g/mol. The van der Waals surface area contributed by atoms with E-state index in [2.05, 4.69) is 0 Å². The summed E-state index contributed by atoms with van der Waals surface area (Å²) in [6.07, 6.45) is 0. The SMILES string of the molecule is CCOc1ccc(S(=O)(=O)N2CCN(C(=O)c3cc([N+](=O)[O-])ccc3N3CCOCC3)CC2)cc1. The number of carbonyl (C=O) groups is 1. The van der Waals surface area contributed by atoms with E-state index in [1.807, 2.05) is 11.8 Å². The number of non-ortho nitro benzene ring substituents is 1. The molecule has 12 heteroatoms. The maximum Gasteiger partial charge on any atom is 0.270 e. The highest BCUT2D eigenvalue weighted by atomic mass is 32.2. The highest BCUT2D eigenvalue weighted by Gasteiger charge is 2.32. The van der Waals surface area contributed by atoms with Crippen LogP contribution in [0.4, 0.5) is 11.4 Å². The molecule has 2 aliphatic rings. The van der Waals surface area contributed by atoms with Gasteiger partial charge in [0.2, 0.25) is 10.0 Å². The minimum absolute atomic E-state index is 0.128. The Balaban J connectivity index is 1.49. The molecule has 0 aliphatic carbocycles. The first kappa shape index (κ1) is 24.9. The van der Waals surface area contributed by atoms with Crippen LogP contribution >= 0.6 is 0 Å². The molecule has 2 aliphatic heterocycles. The summed E-state index contributed by atoms with van der Waals surface area (Å²) in [6.45, 7) is 5.12. The Morgan fingerprint density at radius 3 is 2.29 bits per heavy atom. The zero-order valence-electron chi connectivity index (χ0n) is 19.5. The van der Waals surface area contributed by atoms with E-state index in [9.17, 15) is 23.3 Å². The lowest BCUT2D eigenvalue weighted by molar-refractivity contribution is -0.384. The van der Waals surface area contributed by atoms with Crippen molar-refractivity contribution in [2.75, 3.05) is 64.0 Å². The van der Waals surface area contributed by atoms with Gasteiger partial charge in [-0.1, -0.05) is 0 Å². The van der Waals surface area contributed by atoms with Crippen molar-refractivity contribution in [3.63, 3.8) is 0 Å². The number of piperazine rings is 1. The molecule has 2 aromatic rings. The van der Waals surface area contributed by atoms with Crippen molar-refractivity contribution < 1.29 is 27.6 Å². The third kappa shape index (κ3) is 5.39. The second kappa shape index (κ2) is 10.6. The van der Waals surface area contributed by atoms with Gasteiger partial charge in [-0.15, -0.1) is 0 Å². The molecule has 0 spiro atoms. The van der Waals surface area contributed by atoms with E-state index in [1.165, 1.54) is 28.6 Å². The first-order chi connectivity index (χ1) is 16.8. The summed E-state index contributed by atoms with van der Waals surface area (Å²) in [4.78, 5) is 27.9. The third-order valence-corrected chi connectivity index (χ3v) is 7.98. The molecule has 0 unspecified atom stereocenters. The molecule has 11 nitrogen and oxygen atoms in total. The predicted molar refractivity (Wildman–Crippen MR) is 128 cm³/mol. The number of anilines is 1.